The van der Waals surface area contributed by atoms with Crippen molar-refractivity contribution >= 4 is 11.6 Å². The molecule has 0 radical (unpaired) electrons. The number of nitrogens with zero attached hydrogens (tertiary/aromatic N) is 3. The third-order valence-electron chi connectivity index (χ3n) is 5.62. The van der Waals surface area contributed by atoms with E-state index in [2.05, 4.69) is 36.4 Å². The molecule has 0 fully saturated rings. The van der Waals surface area contributed by atoms with Crippen molar-refractivity contribution in [2.75, 3.05) is 33.1 Å². The maximum absolute atomic E-state index is 13.3. The van der Waals surface area contributed by atoms with Crippen LogP contribution in [0.3, 0.4) is 0 Å². The van der Waals surface area contributed by atoms with E-state index in [9.17, 15) is 4.79 Å². The van der Waals surface area contributed by atoms with Crippen LogP contribution in [0.1, 0.15) is 21.5 Å². The second kappa shape index (κ2) is 10.8. The highest BCUT2D eigenvalue weighted by Gasteiger charge is 2.19. The highest BCUT2D eigenvalue weighted by Crippen LogP contribution is 2.26. The zero-order valence-electron chi connectivity index (χ0n) is 19.9. The fourth-order valence-corrected chi connectivity index (χ4v) is 3.71. The van der Waals surface area contributed by atoms with Crippen molar-refractivity contribution in [2.45, 2.75) is 13.0 Å². The molecule has 1 heterocycles. The van der Waals surface area contributed by atoms with Gasteiger partial charge in [-0.05, 0) is 68.0 Å². The fraction of sp³-hybridized carbons (Fsp3) is 0.214. The summed E-state index contributed by atoms with van der Waals surface area (Å²) in [6.07, 6.45) is 2.78. The van der Waals surface area contributed by atoms with Crippen LogP contribution in [0.25, 0.3) is 11.3 Å². The van der Waals surface area contributed by atoms with Gasteiger partial charge in [0.1, 0.15) is 11.4 Å². The Kier molecular flexibility index (Phi) is 7.40. The molecule has 6 heteroatoms. The van der Waals surface area contributed by atoms with Crippen LogP contribution in [0, 0.1) is 0 Å². The zero-order chi connectivity index (χ0) is 23.9. The molecule has 4 rings (SSSR count). The second-order valence-electron chi connectivity index (χ2n) is 8.51. The van der Waals surface area contributed by atoms with Gasteiger partial charge >= 0.3 is 0 Å². The summed E-state index contributed by atoms with van der Waals surface area (Å²) in [7, 11) is 5.76. The van der Waals surface area contributed by atoms with Crippen LogP contribution < -0.4 is 10.1 Å². The normalized spacial score (nSPS) is 10.9. The van der Waals surface area contributed by atoms with Gasteiger partial charge in [0, 0.05) is 24.0 Å². The van der Waals surface area contributed by atoms with Gasteiger partial charge in [-0.2, -0.15) is 5.10 Å². The van der Waals surface area contributed by atoms with Crippen molar-refractivity contribution in [3.8, 4) is 17.0 Å². The first kappa shape index (κ1) is 23.3. The summed E-state index contributed by atoms with van der Waals surface area (Å²) in [5.41, 5.74) is 5.14. The Morgan fingerprint density at radius 3 is 2.29 bits per heavy atom. The number of aromatic nitrogens is 2. The summed E-state index contributed by atoms with van der Waals surface area (Å²) >= 11 is 0. The number of amides is 1. The molecule has 3 aromatic carbocycles. The number of carbonyl (C=O) groups is 1. The Morgan fingerprint density at radius 1 is 0.941 bits per heavy atom. The monoisotopic (exact) mass is 454 g/mol. The standard InChI is InChI=1S/C28H30N4O2/c1-31(2)18-17-21-9-13-24(14-10-21)29-28(33)26-20-32(19-22-7-5-4-6-8-22)30-27(26)23-11-15-25(34-3)16-12-23/h4-16,20H,17-19H2,1-3H3,(H,29,33). The molecule has 0 saturated heterocycles. The largest absolute Gasteiger partial charge is 0.497 e. The van der Waals surface area contributed by atoms with Gasteiger partial charge < -0.3 is 15.0 Å². The van der Waals surface area contributed by atoms with E-state index in [1.807, 2.05) is 77.6 Å². The van der Waals surface area contributed by atoms with Crippen molar-refractivity contribution in [1.29, 1.82) is 0 Å². The number of carbonyl (C=O) groups excluding carboxylic acids is 1. The van der Waals surface area contributed by atoms with E-state index in [1.165, 1.54) is 5.56 Å². The number of methoxy groups -OCH3 is 1. The molecule has 0 aliphatic heterocycles. The number of ether oxygens (including phenoxy) is 1. The van der Waals surface area contributed by atoms with Gasteiger partial charge in [-0.25, -0.2) is 0 Å². The van der Waals surface area contributed by atoms with Gasteiger partial charge in [0.15, 0.2) is 0 Å². The summed E-state index contributed by atoms with van der Waals surface area (Å²) in [4.78, 5) is 15.5. The van der Waals surface area contributed by atoms with Gasteiger partial charge in [0.05, 0.1) is 19.2 Å². The minimum atomic E-state index is -0.189. The SMILES string of the molecule is COc1ccc(-c2nn(Cc3ccccc3)cc2C(=O)Nc2ccc(CCN(C)C)cc2)cc1. The highest BCUT2D eigenvalue weighted by atomic mass is 16.5. The molecule has 0 aliphatic rings. The topological polar surface area (TPSA) is 59.4 Å². The molecule has 0 atom stereocenters. The van der Waals surface area contributed by atoms with Crippen LogP contribution in [0.2, 0.25) is 0 Å². The number of benzene rings is 3. The van der Waals surface area contributed by atoms with E-state index in [0.29, 0.717) is 17.8 Å². The van der Waals surface area contributed by atoms with Crippen molar-refractivity contribution in [2.24, 2.45) is 0 Å². The molecule has 0 aliphatic carbocycles. The lowest BCUT2D eigenvalue weighted by Gasteiger charge is -2.10. The van der Waals surface area contributed by atoms with Crippen molar-refractivity contribution < 1.29 is 9.53 Å². The molecule has 1 N–H and O–H groups in total. The van der Waals surface area contributed by atoms with Crippen molar-refractivity contribution in [3.05, 3.63) is 102 Å². The van der Waals surface area contributed by atoms with Crippen LogP contribution in [0.15, 0.2) is 85.1 Å². The maximum Gasteiger partial charge on any atom is 0.259 e. The highest BCUT2D eigenvalue weighted by molar-refractivity contribution is 6.08. The first-order valence-corrected chi connectivity index (χ1v) is 11.3. The molecule has 0 spiro atoms. The van der Waals surface area contributed by atoms with Gasteiger partial charge in [-0.15, -0.1) is 0 Å². The van der Waals surface area contributed by atoms with Gasteiger partial charge in [-0.1, -0.05) is 42.5 Å². The number of rotatable bonds is 9. The van der Waals surface area contributed by atoms with E-state index in [1.54, 1.807) is 7.11 Å². The molecule has 1 amide bonds. The average molecular weight is 455 g/mol. The van der Waals surface area contributed by atoms with Crippen LogP contribution in [0.4, 0.5) is 5.69 Å². The van der Waals surface area contributed by atoms with Crippen LogP contribution in [0.5, 0.6) is 5.75 Å². The number of anilines is 1. The van der Waals surface area contributed by atoms with Gasteiger partial charge in [0.2, 0.25) is 0 Å². The van der Waals surface area contributed by atoms with E-state index in [4.69, 9.17) is 9.84 Å². The van der Waals surface area contributed by atoms with Crippen molar-refractivity contribution in [1.82, 2.24) is 14.7 Å². The molecule has 0 bridgehead atoms. The fourth-order valence-electron chi connectivity index (χ4n) is 3.71. The Morgan fingerprint density at radius 2 is 1.65 bits per heavy atom. The minimum absolute atomic E-state index is 0.189. The molecule has 0 saturated carbocycles. The molecule has 34 heavy (non-hydrogen) atoms. The lowest BCUT2D eigenvalue weighted by molar-refractivity contribution is 0.102. The third-order valence-corrected chi connectivity index (χ3v) is 5.62. The van der Waals surface area contributed by atoms with E-state index in [-0.39, 0.29) is 5.91 Å². The maximum atomic E-state index is 13.3. The van der Waals surface area contributed by atoms with Gasteiger partial charge in [0.25, 0.3) is 5.91 Å². The summed E-state index contributed by atoms with van der Waals surface area (Å²) in [5.74, 6) is 0.569. The molecular formula is C28H30N4O2. The lowest BCUT2D eigenvalue weighted by Crippen LogP contribution is -2.15. The van der Waals surface area contributed by atoms with Crippen LogP contribution >= 0.6 is 0 Å². The molecule has 0 unspecified atom stereocenters. The summed E-state index contributed by atoms with van der Waals surface area (Å²) < 4.78 is 7.09. The first-order valence-electron chi connectivity index (χ1n) is 11.3. The van der Waals surface area contributed by atoms with Gasteiger partial charge in [-0.3, -0.25) is 9.48 Å². The van der Waals surface area contributed by atoms with E-state index >= 15 is 0 Å². The van der Waals surface area contributed by atoms with Crippen molar-refractivity contribution in [3.63, 3.8) is 0 Å². The predicted molar refractivity (Wildman–Crippen MR) is 136 cm³/mol. The summed E-state index contributed by atoms with van der Waals surface area (Å²) in [6.45, 7) is 1.56. The number of nitrogens with one attached hydrogen (secondary N) is 1. The van der Waals surface area contributed by atoms with Crippen LogP contribution in [-0.4, -0.2) is 48.3 Å². The van der Waals surface area contributed by atoms with E-state index < -0.39 is 0 Å². The number of likely N-dealkylation sites (N-methyl/N-ethyl adjacent to an activating group) is 1. The quantitative estimate of drug-likeness (QED) is 0.388. The molecular weight excluding hydrogens is 424 g/mol. The first-order chi connectivity index (χ1) is 16.5. The molecule has 6 nitrogen and oxygen atoms in total. The second-order valence-corrected chi connectivity index (χ2v) is 8.51. The minimum Gasteiger partial charge on any atom is -0.497 e. The molecule has 1 aromatic heterocycles. The zero-order valence-corrected chi connectivity index (χ0v) is 19.9. The smallest absolute Gasteiger partial charge is 0.259 e. The average Bonchev–Trinajstić information content (AvgIpc) is 3.28. The Balaban J connectivity index is 1.58. The van der Waals surface area contributed by atoms with Crippen LogP contribution in [-0.2, 0) is 13.0 Å². The number of hydrogen-bond donors (Lipinski definition) is 1. The molecule has 174 valence electrons. The van der Waals surface area contributed by atoms with E-state index in [0.717, 1.165) is 35.5 Å². The Labute approximate surface area is 200 Å². The third kappa shape index (κ3) is 5.91. The summed E-state index contributed by atoms with van der Waals surface area (Å²) in [6, 6.07) is 25.7. The summed E-state index contributed by atoms with van der Waals surface area (Å²) in [5, 5.41) is 7.79. The Bertz CT molecular complexity index is 1210. The molecule has 4 aromatic rings. The Hall–Kier alpha value is -3.90. The number of hydrogen-bond acceptors (Lipinski definition) is 4. The lowest BCUT2D eigenvalue weighted by atomic mass is 10.1. The predicted octanol–water partition coefficient (Wildman–Crippen LogP) is 4.96.